The van der Waals surface area contributed by atoms with E-state index in [-0.39, 0.29) is 17.5 Å². The zero-order chi connectivity index (χ0) is 14.5. The molecule has 0 spiro atoms. The van der Waals surface area contributed by atoms with Crippen LogP contribution in [-0.2, 0) is 9.53 Å². The Balaban J connectivity index is 2.28. The predicted molar refractivity (Wildman–Crippen MR) is 78.7 cm³/mol. The summed E-state index contributed by atoms with van der Waals surface area (Å²) in [6, 6.07) is 0. The van der Waals surface area contributed by atoms with Gasteiger partial charge in [0.05, 0.1) is 0 Å². The van der Waals surface area contributed by atoms with Gasteiger partial charge in [-0.1, -0.05) is 27.7 Å². The van der Waals surface area contributed by atoms with Gasteiger partial charge in [-0.05, 0) is 55.9 Å². The Labute approximate surface area is 118 Å². The third-order valence-corrected chi connectivity index (χ3v) is 4.68. The first kappa shape index (κ1) is 16.5. The fraction of sp³-hybridized carbons (Fsp3) is 0.938. The van der Waals surface area contributed by atoms with Crippen molar-refractivity contribution in [2.75, 3.05) is 6.54 Å². The molecule has 1 saturated carbocycles. The van der Waals surface area contributed by atoms with E-state index in [1.807, 2.05) is 0 Å². The first-order chi connectivity index (χ1) is 8.84. The Kier molecular flexibility index (Phi) is 6.31. The largest absolute Gasteiger partial charge is 0.462 e. The molecule has 0 aliphatic heterocycles. The molecule has 3 unspecified atom stereocenters. The quantitative estimate of drug-likeness (QED) is 0.751. The zero-order valence-corrected chi connectivity index (χ0v) is 13.1. The van der Waals surface area contributed by atoms with Crippen molar-refractivity contribution >= 4 is 5.97 Å². The van der Waals surface area contributed by atoms with E-state index in [1.54, 1.807) is 0 Å². The average Bonchev–Trinajstić information content (AvgIpc) is 2.32. The molecule has 3 nitrogen and oxygen atoms in total. The van der Waals surface area contributed by atoms with Crippen LogP contribution in [0.15, 0.2) is 0 Å². The van der Waals surface area contributed by atoms with Gasteiger partial charge < -0.3 is 10.5 Å². The van der Waals surface area contributed by atoms with E-state index in [1.165, 1.54) is 6.42 Å². The van der Waals surface area contributed by atoms with E-state index in [2.05, 4.69) is 27.7 Å². The molecule has 1 aliphatic rings. The molecule has 2 N–H and O–H groups in total. The second kappa shape index (κ2) is 7.28. The zero-order valence-electron chi connectivity index (χ0n) is 13.1. The number of rotatable bonds is 6. The summed E-state index contributed by atoms with van der Waals surface area (Å²) in [5.74, 6) is 1.40. The highest BCUT2D eigenvalue weighted by Gasteiger charge is 2.27. The molecular formula is C16H31NO2. The molecule has 3 atom stereocenters. The first-order valence-corrected chi connectivity index (χ1v) is 7.73. The third-order valence-electron chi connectivity index (χ3n) is 4.68. The highest BCUT2D eigenvalue weighted by Crippen LogP contribution is 2.32. The lowest BCUT2D eigenvalue weighted by Crippen LogP contribution is -2.29. The Morgan fingerprint density at radius 2 is 1.89 bits per heavy atom. The van der Waals surface area contributed by atoms with Gasteiger partial charge in [0, 0.05) is 6.42 Å². The number of carbonyl (C=O) groups is 1. The van der Waals surface area contributed by atoms with Gasteiger partial charge in [0.15, 0.2) is 0 Å². The molecule has 0 radical (unpaired) electrons. The second-order valence-corrected chi connectivity index (χ2v) is 7.08. The van der Waals surface area contributed by atoms with Crippen molar-refractivity contribution in [3.05, 3.63) is 0 Å². The highest BCUT2D eigenvalue weighted by molar-refractivity contribution is 5.69. The van der Waals surface area contributed by atoms with Crippen LogP contribution in [-0.4, -0.2) is 18.6 Å². The maximum Gasteiger partial charge on any atom is 0.306 e. The van der Waals surface area contributed by atoms with Gasteiger partial charge in [-0.25, -0.2) is 0 Å². The molecule has 112 valence electrons. The Morgan fingerprint density at radius 3 is 2.47 bits per heavy atom. The van der Waals surface area contributed by atoms with Crippen LogP contribution in [0.1, 0.15) is 66.2 Å². The van der Waals surface area contributed by atoms with Gasteiger partial charge in [0.25, 0.3) is 0 Å². The smallest absolute Gasteiger partial charge is 0.306 e. The summed E-state index contributed by atoms with van der Waals surface area (Å²) in [7, 11) is 0. The van der Waals surface area contributed by atoms with Crippen molar-refractivity contribution in [3.63, 3.8) is 0 Å². The Bertz CT molecular complexity index is 288. The predicted octanol–water partition coefficient (Wildman–Crippen LogP) is 3.51. The Hall–Kier alpha value is -0.570. The van der Waals surface area contributed by atoms with Crippen molar-refractivity contribution in [1.82, 2.24) is 0 Å². The molecule has 0 saturated heterocycles. The van der Waals surface area contributed by atoms with E-state index < -0.39 is 0 Å². The van der Waals surface area contributed by atoms with Crippen LogP contribution in [0.25, 0.3) is 0 Å². The lowest BCUT2D eigenvalue weighted by molar-refractivity contribution is -0.152. The van der Waals surface area contributed by atoms with Crippen LogP contribution < -0.4 is 5.73 Å². The molecular weight excluding hydrogens is 238 g/mol. The summed E-state index contributed by atoms with van der Waals surface area (Å²) >= 11 is 0. The summed E-state index contributed by atoms with van der Waals surface area (Å²) in [6.07, 6.45) is 5.73. The molecule has 0 amide bonds. The third kappa shape index (κ3) is 5.94. The summed E-state index contributed by atoms with van der Waals surface area (Å²) in [4.78, 5) is 11.9. The van der Waals surface area contributed by atoms with Crippen LogP contribution in [0.3, 0.4) is 0 Å². The minimum absolute atomic E-state index is 0.0307. The monoisotopic (exact) mass is 269 g/mol. The molecule has 1 aliphatic carbocycles. The van der Waals surface area contributed by atoms with Gasteiger partial charge in [-0.3, -0.25) is 4.79 Å². The number of esters is 1. The molecule has 0 aromatic rings. The summed E-state index contributed by atoms with van der Waals surface area (Å²) in [5, 5.41) is 0. The lowest BCUT2D eigenvalue weighted by Gasteiger charge is -2.32. The summed E-state index contributed by atoms with van der Waals surface area (Å²) < 4.78 is 5.61. The van der Waals surface area contributed by atoms with Crippen molar-refractivity contribution in [2.45, 2.75) is 72.3 Å². The maximum atomic E-state index is 11.9. The van der Waals surface area contributed by atoms with Crippen LogP contribution >= 0.6 is 0 Å². The molecule has 0 aromatic heterocycles. The summed E-state index contributed by atoms with van der Waals surface area (Å²) in [6.45, 7) is 9.56. The topological polar surface area (TPSA) is 52.3 Å². The number of hydrogen-bond acceptors (Lipinski definition) is 3. The molecule has 1 rings (SSSR count). The van der Waals surface area contributed by atoms with Crippen LogP contribution in [0.4, 0.5) is 0 Å². The van der Waals surface area contributed by atoms with Gasteiger partial charge in [0.2, 0.25) is 0 Å². The minimum atomic E-state index is -0.0307. The second-order valence-electron chi connectivity index (χ2n) is 7.08. The normalized spacial score (nSPS) is 28.2. The van der Waals surface area contributed by atoms with Gasteiger partial charge in [-0.15, -0.1) is 0 Å². The van der Waals surface area contributed by atoms with Crippen molar-refractivity contribution in [2.24, 2.45) is 23.0 Å². The fourth-order valence-electron chi connectivity index (χ4n) is 2.81. The fourth-order valence-corrected chi connectivity index (χ4v) is 2.81. The van der Waals surface area contributed by atoms with Gasteiger partial charge in [-0.2, -0.15) is 0 Å². The molecule has 0 aromatic carbocycles. The van der Waals surface area contributed by atoms with Gasteiger partial charge >= 0.3 is 5.97 Å². The van der Waals surface area contributed by atoms with Crippen molar-refractivity contribution in [3.8, 4) is 0 Å². The molecule has 19 heavy (non-hydrogen) atoms. The van der Waals surface area contributed by atoms with Gasteiger partial charge in [0.1, 0.15) is 6.10 Å². The Morgan fingerprint density at radius 1 is 1.21 bits per heavy atom. The highest BCUT2D eigenvalue weighted by atomic mass is 16.5. The molecule has 0 heterocycles. The van der Waals surface area contributed by atoms with Crippen LogP contribution in [0.5, 0.6) is 0 Å². The number of ether oxygens (including phenoxy) is 1. The van der Waals surface area contributed by atoms with E-state index >= 15 is 0 Å². The van der Waals surface area contributed by atoms with E-state index in [4.69, 9.17) is 10.5 Å². The SMILES string of the molecule is CC1CCC(OC(=O)CCC(C)(C)CCN)CC1C. The van der Waals surface area contributed by atoms with E-state index in [0.29, 0.717) is 18.9 Å². The van der Waals surface area contributed by atoms with Crippen LogP contribution in [0.2, 0.25) is 0 Å². The lowest BCUT2D eigenvalue weighted by atomic mass is 9.80. The maximum absolute atomic E-state index is 11.9. The molecule has 3 heteroatoms. The van der Waals surface area contributed by atoms with Crippen molar-refractivity contribution < 1.29 is 9.53 Å². The molecule has 0 bridgehead atoms. The minimum Gasteiger partial charge on any atom is -0.462 e. The molecule has 1 fully saturated rings. The number of nitrogens with two attached hydrogens (primary N) is 1. The summed E-state index contributed by atoms with van der Waals surface area (Å²) in [5.41, 5.74) is 5.72. The van der Waals surface area contributed by atoms with E-state index in [9.17, 15) is 4.79 Å². The average molecular weight is 269 g/mol. The van der Waals surface area contributed by atoms with Crippen LogP contribution in [0, 0.1) is 17.3 Å². The number of carbonyl (C=O) groups excluding carboxylic acids is 1. The standard InChI is InChI=1S/C16H31NO2/c1-12-5-6-14(11-13(12)2)19-15(18)7-8-16(3,4)9-10-17/h12-14H,5-11,17H2,1-4H3. The number of hydrogen-bond donors (Lipinski definition) is 1. The van der Waals surface area contributed by atoms with E-state index in [0.717, 1.165) is 31.6 Å². The first-order valence-electron chi connectivity index (χ1n) is 7.73. The van der Waals surface area contributed by atoms with Crippen molar-refractivity contribution in [1.29, 1.82) is 0 Å².